The molecule has 7 rings (SSSR count). The van der Waals surface area contributed by atoms with Gasteiger partial charge in [-0.3, -0.25) is 9.97 Å². The van der Waals surface area contributed by atoms with E-state index in [-0.39, 0.29) is 0 Å². The number of hydrogen-bond donors (Lipinski definition) is 0. The molecule has 6 heterocycles. The van der Waals surface area contributed by atoms with Crippen molar-refractivity contribution >= 4 is 55.3 Å². The molecule has 0 fully saturated rings. The lowest BCUT2D eigenvalue weighted by atomic mass is 9.87. The Morgan fingerprint density at radius 2 is 0.886 bits per heavy atom. The van der Waals surface area contributed by atoms with Crippen molar-refractivity contribution in [3.63, 3.8) is 0 Å². The second-order valence-corrected chi connectivity index (χ2v) is 25.4. The number of sulfone groups is 1. The second kappa shape index (κ2) is 27.7. The standard InChI is InChI=1S/C60H84N4O2S4/c1-7-11-15-19-23-27-31-45(32-28-24-20-16-12-8-2)49-38-54(67-44(49)6)47-35-36-48(59-58(47)63-69-64-59)55-39-50(46(33-29-25-21-17-13-9-3)34-30-26-22-18-14-10-4)60(68-55)53-40-57-52(42-62-53)51-41-61-43(5)37-56(51)70(57,65)66/h35-42,45-46H,7-34H2,1-6H3. The van der Waals surface area contributed by atoms with Gasteiger partial charge in [0.2, 0.25) is 9.84 Å². The zero-order chi connectivity index (χ0) is 49.3. The first-order valence-corrected chi connectivity index (χ1v) is 31.8. The maximum absolute atomic E-state index is 14.2. The highest BCUT2D eigenvalue weighted by Crippen LogP contribution is 2.50. The summed E-state index contributed by atoms with van der Waals surface area (Å²) in [6.07, 6.45) is 39.5. The number of hydrogen-bond acceptors (Lipinski definition) is 9. The Labute approximate surface area is 435 Å². The van der Waals surface area contributed by atoms with E-state index in [0.29, 0.717) is 38.4 Å². The predicted molar refractivity (Wildman–Crippen MR) is 303 cm³/mol. The van der Waals surface area contributed by atoms with Crippen molar-refractivity contribution in [1.82, 2.24) is 18.7 Å². The minimum atomic E-state index is -3.72. The van der Waals surface area contributed by atoms with Crippen LogP contribution in [0.15, 0.2) is 58.6 Å². The molecule has 0 N–H and O–H groups in total. The summed E-state index contributed by atoms with van der Waals surface area (Å²) in [7, 11) is -3.72. The van der Waals surface area contributed by atoms with E-state index in [9.17, 15) is 8.42 Å². The Kier molecular flexibility index (Phi) is 21.5. The van der Waals surface area contributed by atoms with Crippen LogP contribution < -0.4 is 0 Å². The van der Waals surface area contributed by atoms with Crippen molar-refractivity contribution in [2.24, 2.45) is 0 Å². The summed E-state index contributed by atoms with van der Waals surface area (Å²) in [5.41, 5.74) is 9.80. The highest BCUT2D eigenvalue weighted by molar-refractivity contribution is 7.92. The van der Waals surface area contributed by atoms with E-state index >= 15 is 0 Å². The lowest BCUT2D eigenvalue weighted by Crippen LogP contribution is -2.02. The van der Waals surface area contributed by atoms with Crippen molar-refractivity contribution in [3.05, 3.63) is 70.5 Å². The van der Waals surface area contributed by atoms with Gasteiger partial charge in [0.25, 0.3) is 0 Å². The number of unbranched alkanes of at least 4 members (excludes halogenated alkanes) is 20. The highest BCUT2D eigenvalue weighted by Gasteiger charge is 2.35. The zero-order valence-electron chi connectivity index (χ0n) is 43.8. The first kappa shape index (κ1) is 54.5. The number of nitrogens with zero attached hydrogens (tertiary/aromatic N) is 4. The average molecular weight is 1020 g/mol. The van der Waals surface area contributed by atoms with E-state index in [2.05, 4.69) is 63.9 Å². The summed E-state index contributed by atoms with van der Waals surface area (Å²) in [5.74, 6) is 0.955. The van der Waals surface area contributed by atoms with Crippen LogP contribution in [0.1, 0.15) is 241 Å². The Morgan fingerprint density at radius 1 is 0.471 bits per heavy atom. The summed E-state index contributed by atoms with van der Waals surface area (Å²) < 4.78 is 38.5. The van der Waals surface area contributed by atoms with Gasteiger partial charge in [0.15, 0.2) is 0 Å². The van der Waals surface area contributed by atoms with E-state index in [1.807, 2.05) is 24.3 Å². The maximum Gasteiger partial charge on any atom is 0.208 e. The minimum Gasteiger partial charge on any atom is -0.261 e. The second-order valence-electron chi connectivity index (χ2n) is 20.7. The van der Waals surface area contributed by atoms with E-state index in [0.717, 1.165) is 44.9 Å². The molecule has 0 aliphatic carbocycles. The largest absolute Gasteiger partial charge is 0.261 e. The Balaban J connectivity index is 1.24. The fraction of sp³-hybridized carbons (Fsp3) is 0.600. The third kappa shape index (κ3) is 13.8. The van der Waals surface area contributed by atoms with Gasteiger partial charge >= 0.3 is 0 Å². The van der Waals surface area contributed by atoms with Gasteiger partial charge in [0, 0.05) is 55.0 Å². The quantitative estimate of drug-likeness (QED) is 0.0381. The van der Waals surface area contributed by atoms with Crippen LogP contribution in [0.5, 0.6) is 0 Å². The van der Waals surface area contributed by atoms with Gasteiger partial charge in [0.1, 0.15) is 11.0 Å². The number of rotatable bonds is 33. The summed E-state index contributed by atoms with van der Waals surface area (Å²) in [5, 5.41) is 0. The summed E-state index contributed by atoms with van der Waals surface area (Å²) in [4.78, 5) is 15.2. The van der Waals surface area contributed by atoms with Crippen LogP contribution in [-0.4, -0.2) is 27.1 Å². The van der Waals surface area contributed by atoms with Gasteiger partial charge in [-0.05, 0) is 86.8 Å². The molecule has 70 heavy (non-hydrogen) atoms. The number of aryl methyl sites for hydroxylation is 2. The molecule has 10 heteroatoms. The third-order valence-electron chi connectivity index (χ3n) is 15.1. The van der Waals surface area contributed by atoms with Crippen molar-refractivity contribution in [2.45, 2.75) is 243 Å². The van der Waals surface area contributed by atoms with Crippen LogP contribution >= 0.6 is 34.4 Å². The van der Waals surface area contributed by atoms with Crippen LogP contribution in [0.3, 0.4) is 0 Å². The van der Waals surface area contributed by atoms with Crippen LogP contribution in [0.25, 0.3) is 53.6 Å². The van der Waals surface area contributed by atoms with Crippen LogP contribution in [-0.2, 0) is 9.84 Å². The molecule has 1 aromatic carbocycles. The molecule has 0 radical (unpaired) electrons. The number of aromatic nitrogens is 4. The lowest BCUT2D eigenvalue weighted by molar-refractivity contribution is 0.486. The van der Waals surface area contributed by atoms with Gasteiger partial charge < -0.3 is 0 Å². The molecular formula is C60H84N4O2S4. The monoisotopic (exact) mass is 1020 g/mol. The number of fused-ring (bicyclic) bond motifs is 4. The van der Waals surface area contributed by atoms with Crippen molar-refractivity contribution in [1.29, 1.82) is 0 Å². The van der Waals surface area contributed by atoms with Crippen LogP contribution in [0.2, 0.25) is 0 Å². The minimum absolute atomic E-state index is 0.336. The first-order valence-electron chi connectivity index (χ1n) is 27.9. The summed E-state index contributed by atoms with van der Waals surface area (Å²) in [6.45, 7) is 13.4. The molecule has 0 bridgehead atoms. The number of pyridine rings is 2. The summed E-state index contributed by atoms with van der Waals surface area (Å²) in [6, 6.07) is 13.1. The van der Waals surface area contributed by atoms with Crippen LogP contribution in [0, 0.1) is 13.8 Å². The molecular weight excluding hydrogens is 937 g/mol. The van der Waals surface area contributed by atoms with E-state index in [1.165, 1.54) is 200 Å². The van der Waals surface area contributed by atoms with Gasteiger partial charge in [0.05, 0.1) is 32.1 Å². The first-order chi connectivity index (χ1) is 34.2. The SMILES string of the molecule is CCCCCCCCC(CCCCCCCC)c1cc(-c2ccc(-c3cc(C(CCCCCCCC)CCCCCCCC)c(-c4cc5c(cn4)-c4cnc(C)cc4S5(=O)=O)s3)c3nsnc23)sc1C. The lowest BCUT2D eigenvalue weighted by Gasteiger charge is -2.18. The van der Waals surface area contributed by atoms with Gasteiger partial charge in [-0.1, -0.05) is 194 Å². The van der Waals surface area contributed by atoms with Gasteiger partial charge in [-0.15, -0.1) is 22.7 Å². The molecule has 0 atom stereocenters. The molecule has 1 aliphatic rings. The Hall–Kier alpha value is -3.31. The summed E-state index contributed by atoms with van der Waals surface area (Å²) >= 11 is 5.00. The molecule has 0 saturated heterocycles. The van der Waals surface area contributed by atoms with Crippen LogP contribution in [0.4, 0.5) is 0 Å². The van der Waals surface area contributed by atoms with E-state index in [4.69, 9.17) is 13.7 Å². The molecule has 6 aromatic rings. The smallest absolute Gasteiger partial charge is 0.208 e. The molecule has 1 aliphatic heterocycles. The molecule has 0 spiro atoms. The third-order valence-corrected chi connectivity index (χ3v) is 19.8. The fourth-order valence-corrected chi connectivity index (χ4v) is 15.7. The number of benzene rings is 1. The zero-order valence-corrected chi connectivity index (χ0v) is 47.1. The van der Waals surface area contributed by atoms with E-state index < -0.39 is 9.84 Å². The molecule has 5 aromatic heterocycles. The molecule has 6 nitrogen and oxygen atoms in total. The molecule has 0 saturated carbocycles. The normalized spacial score (nSPS) is 13.1. The molecule has 0 amide bonds. The average Bonchev–Trinajstić information content (AvgIpc) is 4.16. The number of thiophene rings is 2. The van der Waals surface area contributed by atoms with Crippen molar-refractivity contribution in [2.75, 3.05) is 0 Å². The topological polar surface area (TPSA) is 85.7 Å². The Morgan fingerprint density at radius 3 is 1.39 bits per heavy atom. The Bertz CT molecular complexity index is 2630. The predicted octanol–water partition coefficient (Wildman–Crippen LogP) is 20.2. The molecule has 0 unspecified atom stereocenters. The molecule has 380 valence electrons. The van der Waals surface area contributed by atoms with Crippen molar-refractivity contribution in [3.8, 4) is 42.6 Å². The van der Waals surface area contributed by atoms with Crippen molar-refractivity contribution < 1.29 is 8.42 Å². The maximum atomic E-state index is 14.2. The fourth-order valence-electron chi connectivity index (χ4n) is 11.0. The van der Waals surface area contributed by atoms with Gasteiger partial charge in [-0.2, -0.15) is 8.75 Å². The van der Waals surface area contributed by atoms with E-state index in [1.54, 1.807) is 35.4 Å². The van der Waals surface area contributed by atoms with Gasteiger partial charge in [-0.25, -0.2) is 8.42 Å². The highest BCUT2D eigenvalue weighted by atomic mass is 32.2.